The standard InChI is InChI=1S/C14H20ClIN2S/c1-3-9(2)19-8-11-17-13(10-6-4-5-7-10)12(16)14(15)18-11/h9-10H,3-8H2,1-2H3. The Morgan fingerprint density at radius 3 is 2.68 bits per heavy atom. The van der Waals surface area contributed by atoms with Crippen molar-refractivity contribution in [2.75, 3.05) is 0 Å². The molecule has 0 radical (unpaired) electrons. The fourth-order valence-electron chi connectivity index (χ4n) is 2.35. The van der Waals surface area contributed by atoms with Crippen LogP contribution in [0.5, 0.6) is 0 Å². The van der Waals surface area contributed by atoms with Crippen molar-refractivity contribution in [2.24, 2.45) is 0 Å². The number of aromatic nitrogens is 2. The summed E-state index contributed by atoms with van der Waals surface area (Å²) in [4.78, 5) is 9.23. The third kappa shape index (κ3) is 4.21. The van der Waals surface area contributed by atoms with Crippen LogP contribution in [0.3, 0.4) is 0 Å². The predicted molar refractivity (Wildman–Crippen MR) is 92.0 cm³/mol. The summed E-state index contributed by atoms with van der Waals surface area (Å²) >= 11 is 10.5. The Hall–Kier alpha value is 0.450. The van der Waals surface area contributed by atoms with Crippen LogP contribution in [-0.2, 0) is 5.75 Å². The highest BCUT2D eigenvalue weighted by atomic mass is 127. The van der Waals surface area contributed by atoms with Gasteiger partial charge in [0.25, 0.3) is 0 Å². The number of hydrogen-bond acceptors (Lipinski definition) is 3. The van der Waals surface area contributed by atoms with E-state index in [0.717, 1.165) is 15.1 Å². The molecular weight excluding hydrogens is 391 g/mol. The van der Waals surface area contributed by atoms with Crippen LogP contribution >= 0.6 is 46.0 Å². The smallest absolute Gasteiger partial charge is 0.146 e. The quantitative estimate of drug-likeness (QED) is 0.478. The van der Waals surface area contributed by atoms with E-state index in [0.29, 0.717) is 16.3 Å². The summed E-state index contributed by atoms with van der Waals surface area (Å²) in [6.07, 6.45) is 6.32. The van der Waals surface area contributed by atoms with E-state index in [2.05, 4.69) is 41.4 Å². The molecule has 1 aromatic rings. The minimum atomic E-state index is 0.597. The summed E-state index contributed by atoms with van der Waals surface area (Å²) in [7, 11) is 0. The van der Waals surface area contributed by atoms with Crippen molar-refractivity contribution in [3.63, 3.8) is 0 Å². The van der Waals surface area contributed by atoms with Gasteiger partial charge >= 0.3 is 0 Å². The highest BCUT2D eigenvalue weighted by molar-refractivity contribution is 14.1. The highest BCUT2D eigenvalue weighted by Gasteiger charge is 2.23. The van der Waals surface area contributed by atoms with Crippen LogP contribution in [0.25, 0.3) is 0 Å². The third-order valence-corrected chi connectivity index (χ3v) is 6.68. The second-order valence-electron chi connectivity index (χ2n) is 5.14. The molecule has 2 nitrogen and oxygen atoms in total. The van der Waals surface area contributed by atoms with E-state index in [4.69, 9.17) is 16.6 Å². The number of rotatable bonds is 5. The topological polar surface area (TPSA) is 25.8 Å². The minimum Gasteiger partial charge on any atom is -0.236 e. The molecule has 0 aliphatic heterocycles. The van der Waals surface area contributed by atoms with E-state index in [1.807, 2.05) is 11.8 Å². The van der Waals surface area contributed by atoms with E-state index >= 15 is 0 Å². The fourth-order valence-corrected chi connectivity index (χ4v) is 4.02. The van der Waals surface area contributed by atoms with Crippen molar-refractivity contribution >= 4 is 46.0 Å². The summed E-state index contributed by atoms with van der Waals surface area (Å²) in [6.45, 7) is 4.46. The molecule has 19 heavy (non-hydrogen) atoms. The number of thioether (sulfide) groups is 1. The van der Waals surface area contributed by atoms with Gasteiger partial charge in [0.05, 0.1) is 15.0 Å². The molecule has 0 spiro atoms. The van der Waals surface area contributed by atoms with E-state index < -0.39 is 0 Å². The van der Waals surface area contributed by atoms with Crippen molar-refractivity contribution < 1.29 is 0 Å². The van der Waals surface area contributed by atoms with Crippen molar-refractivity contribution in [3.8, 4) is 0 Å². The van der Waals surface area contributed by atoms with Gasteiger partial charge in [-0.05, 0) is 41.9 Å². The molecule has 1 heterocycles. The van der Waals surface area contributed by atoms with Crippen molar-refractivity contribution in [2.45, 2.75) is 62.9 Å². The second kappa shape index (κ2) is 7.46. The summed E-state index contributed by atoms with van der Waals surface area (Å²) < 4.78 is 1.06. The van der Waals surface area contributed by atoms with E-state index in [1.54, 1.807) is 0 Å². The van der Waals surface area contributed by atoms with Crippen molar-refractivity contribution in [3.05, 3.63) is 20.2 Å². The van der Waals surface area contributed by atoms with Crippen LogP contribution < -0.4 is 0 Å². The molecule has 0 aromatic carbocycles. The molecule has 0 amide bonds. The largest absolute Gasteiger partial charge is 0.236 e. The maximum atomic E-state index is 6.28. The Balaban J connectivity index is 2.16. The van der Waals surface area contributed by atoms with Gasteiger partial charge in [-0.25, -0.2) is 9.97 Å². The Morgan fingerprint density at radius 1 is 1.37 bits per heavy atom. The summed E-state index contributed by atoms with van der Waals surface area (Å²) in [6, 6.07) is 0. The van der Waals surface area contributed by atoms with E-state index in [1.165, 1.54) is 37.8 Å². The van der Waals surface area contributed by atoms with Gasteiger partial charge in [-0.1, -0.05) is 38.3 Å². The number of hydrogen-bond donors (Lipinski definition) is 0. The molecule has 1 saturated carbocycles. The summed E-state index contributed by atoms with van der Waals surface area (Å²) in [5.41, 5.74) is 1.19. The molecule has 1 fully saturated rings. The van der Waals surface area contributed by atoms with Gasteiger partial charge in [0.2, 0.25) is 0 Å². The van der Waals surface area contributed by atoms with Crippen LogP contribution in [0, 0.1) is 3.57 Å². The zero-order chi connectivity index (χ0) is 13.8. The Bertz CT molecular complexity index is 436. The second-order valence-corrected chi connectivity index (χ2v) is 8.00. The lowest BCUT2D eigenvalue weighted by Gasteiger charge is -2.14. The highest BCUT2D eigenvalue weighted by Crippen LogP contribution is 2.37. The minimum absolute atomic E-state index is 0.597. The van der Waals surface area contributed by atoms with Gasteiger partial charge < -0.3 is 0 Å². The molecule has 0 saturated heterocycles. The van der Waals surface area contributed by atoms with Crippen molar-refractivity contribution in [1.29, 1.82) is 0 Å². The zero-order valence-corrected chi connectivity index (χ0v) is 15.2. The molecule has 0 N–H and O–H groups in total. The van der Waals surface area contributed by atoms with Crippen LogP contribution in [-0.4, -0.2) is 15.2 Å². The van der Waals surface area contributed by atoms with Crippen LogP contribution in [0.1, 0.15) is 63.4 Å². The molecule has 1 atom stereocenters. The molecule has 1 aromatic heterocycles. The fraction of sp³-hybridized carbons (Fsp3) is 0.714. The summed E-state index contributed by atoms with van der Waals surface area (Å²) in [5.74, 6) is 2.36. The van der Waals surface area contributed by atoms with Gasteiger partial charge in [-0.3, -0.25) is 0 Å². The maximum Gasteiger partial charge on any atom is 0.146 e. The van der Waals surface area contributed by atoms with Gasteiger partial charge in [0.1, 0.15) is 11.0 Å². The predicted octanol–water partition coefficient (Wildman–Crippen LogP) is 5.42. The SMILES string of the molecule is CCC(C)SCc1nc(Cl)c(I)c(C2CCCC2)n1. The maximum absolute atomic E-state index is 6.28. The van der Waals surface area contributed by atoms with Gasteiger partial charge in [-0.15, -0.1) is 0 Å². The van der Waals surface area contributed by atoms with Gasteiger partial charge in [-0.2, -0.15) is 11.8 Å². The normalized spacial score (nSPS) is 17.9. The molecule has 106 valence electrons. The lowest BCUT2D eigenvalue weighted by Crippen LogP contribution is -2.07. The number of nitrogens with zero attached hydrogens (tertiary/aromatic N) is 2. The number of halogens is 2. The monoisotopic (exact) mass is 410 g/mol. The summed E-state index contributed by atoms with van der Waals surface area (Å²) in [5, 5.41) is 1.29. The van der Waals surface area contributed by atoms with E-state index in [9.17, 15) is 0 Å². The lowest BCUT2D eigenvalue weighted by molar-refractivity contribution is 0.682. The zero-order valence-electron chi connectivity index (χ0n) is 11.5. The average Bonchev–Trinajstić information content (AvgIpc) is 2.93. The Kier molecular flexibility index (Phi) is 6.21. The molecule has 1 aliphatic carbocycles. The van der Waals surface area contributed by atoms with Crippen LogP contribution in [0.2, 0.25) is 5.15 Å². The average molecular weight is 411 g/mol. The molecular formula is C14H20ClIN2S. The first-order chi connectivity index (χ1) is 9.11. The van der Waals surface area contributed by atoms with Gasteiger partial charge in [0.15, 0.2) is 0 Å². The Labute approximate surface area is 138 Å². The van der Waals surface area contributed by atoms with Crippen molar-refractivity contribution in [1.82, 2.24) is 9.97 Å². The molecule has 0 bridgehead atoms. The Morgan fingerprint density at radius 2 is 2.05 bits per heavy atom. The van der Waals surface area contributed by atoms with E-state index in [-0.39, 0.29) is 0 Å². The molecule has 2 rings (SSSR count). The van der Waals surface area contributed by atoms with Crippen LogP contribution in [0.4, 0.5) is 0 Å². The molecule has 1 aliphatic rings. The lowest BCUT2D eigenvalue weighted by atomic mass is 10.0. The first-order valence-corrected chi connectivity index (χ1v) is 9.45. The van der Waals surface area contributed by atoms with Crippen LogP contribution in [0.15, 0.2) is 0 Å². The third-order valence-electron chi connectivity index (χ3n) is 3.70. The molecule has 1 unspecified atom stereocenters. The first-order valence-electron chi connectivity index (χ1n) is 6.95. The molecule has 5 heteroatoms. The van der Waals surface area contributed by atoms with Gasteiger partial charge in [0, 0.05) is 11.2 Å². The first kappa shape index (κ1) is 15.8.